The summed E-state index contributed by atoms with van der Waals surface area (Å²) in [6.07, 6.45) is 5.16. The van der Waals surface area contributed by atoms with Crippen molar-refractivity contribution in [1.29, 1.82) is 0 Å². The summed E-state index contributed by atoms with van der Waals surface area (Å²) in [5.74, 6) is 0.707. The molecule has 1 amide bonds. The molecule has 0 aliphatic carbocycles. The summed E-state index contributed by atoms with van der Waals surface area (Å²) in [5, 5.41) is 0.494. The monoisotopic (exact) mass is 311 g/mol. The highest BCUT2D eigenvalue weighted by atomic mass is 32.2. The maximum atomic E-state index is 12.2. The number of rotatable bonds is 3. The van der Waals surface area contributed by atoms with Crippen molar-refractivity contribution in [3.05, 3.63) is 18.6 Å². The smallest absolute Gasteiger partial charge is 0.410 e. The van der Waals surface area contributed by atoms with Gasteiger partial charge < -0.3 is 9.64 Å². The van der Waals surface area contributed by atoms with E-state index in [4.69, 9.17) is 4.74 Å². The van der Waals surface area contributed by atoms with Gasteiger partial charge in [-0.3, -0.25) is 9.19 Å². The van der Waals surface area contributed by atoms with E-state index in [9.17, 15) is 9.00 Å². The fourth-order valence-corrected chi connectivity index (χ4v) is 3.39. The molecule has 1 saturated heterocycles. The second-order valence-electron chi connectivity index (χ2n) is 6.14. The highest BCUT2D eigenvalue weighted by Gasteiger charge is 2.30. The van der Waals surface area contributed by atoms with Crippen molar-refractivity contribution in [1.82, 2.24) is 14.9 Å². The molecule has 21 heavy (non-hydrogen) atoms. The van der Waals surface area contributed by atoms with Gasteiger partial charge in [-0.1, -0.05) is 0 Å². The Morgan fingerprint density at radius 3 is 2.86 bits per heavy atom. The first-order chi connectivity index (χ1) is 9.85. The molecule has 6 nitrogen and oxygen atoms in total. The molecule has 0 spiro atoms. The zero-order valence-electron chi connectivity index (χ0n) is 12.6. The van der Waals surface area contributed by atoms with Gasteiger partial charge in [0.15, 0.2) is 0 Å². The molecule has 0 bridgehead atoms. The van der Waals surface area contributed by atoms with Crippen LogP contribution in [0.5, 0.6) is 0 Å². The Labute approximate surface area is 127 Å². The molecule has 1 aromatic rings. The fourth-order valence-electron chi connectivity index (χ4n) is 2.16. The average Bonchev–Trinajstić information content (AvgIpc) is 2.86. The Bertz CT molecular complexity index is 516. The van der Waals surface area contributed by atoms with Gasteiger partial charge in [0.25, 0.3) is 0 Å². The van der Waals surface area contributed by atoms with Crippen molar-refractivity contribution in [3.63, 3.8) is 0 Å². The van der Waals surface area contributed by atoms with E-state index in [1.54, 1.807) is 11.1 Å². The molecule has 116 valence electrons. The summed E-state index contributed by atoms with van der Waals surface area (Å²) in [7, 11) is -1.17. The number of nitrogens with zero attached hydrogens (tertiary/aromatic N) is 3. The average molecular weight is 311 g/mol. The first-order valence-corrected chi connectivity index (χ1v) is 8.29. The normalized spacial score (nSPS) is 20.3. The summed E-state index contributed by atoms with van der Waals surface area (Å²) >= 11 is 0. The van der Waals surface area contributed by atoms with Crippen LogP contribution in [0.4, 0.5) is 4.79 Å². The van der Waals surface area contributed by atoms with Gasteiger partial charge in [0.2, 0.25) is 0 Å². The molecule has 2 atom stereocenters. The molecule has 2 rings (SSSR count). The minimum atomic E-state index is -1.17. The van der Waals surface area contributed by atoms with Gasteiger partial charge in [0.1, 0.15) is 10.6 Å². The number of ether oxygens (including phenoxy) is 1. The maximum absolute atomic E-state index is 12.2. The molecule has 0 N–H and O–H groups in total. The summed E-state index contributed by atoms with van der Waals surface area (Å²) in [4.78, 5) is 21.6. The standard InChI is InChI=1S/C14H21N3O3S/c1-14(2,3)20-13(18)17-7-4-11(9-17)10-21(19)12-8-15-5-6-16-12/h5-6,8,11H,4,7,9-10H2,1-3H3/t11-,21-/m1/s1. The molecular formula is C14H21N3O3S. The lowest BCUT2D eigenvalue weighted by molar-refractivity contribution is 0.0289. The Hall–Kier alpha value is -1.50. The third kappa shape index (κ3) is 4.77. The van der Waals surface area contributed by atoms with E-state index in [1.165, 1.54) is 12.4 Å². The molecule has 1 fully saturated rings. The van der Waals surface area contributed by atoms with Crippen molar-refractivity contribution < 1.29 is 13.7 Å². The van der Waals surface area contributed by atoms with Crippen LogP contribution in [0.15, 0.2) is 23.6 Å². The van der Waals surface area contributed by atoms with E-state index >= 15 is 0 Å². The van der Waals surface area contributed by atoms with Gasteiger partial charge in [-0.25, -0.2) is 9.78 Å². The topological polar surface area (TPSA) is 72.4 Å². The maximum Gasteiger partial charge on any atom is 0.410 e. The van der Waals surface area contributed by atoms with E-state index in [2.05, 4.69) is 9.97 Å². The minimum absolute atomic E-state index is 0.209. The third-order valence-electron chi connectivity index (χ3n) is 3.10. The third-order valence-corrected chi connectivity index (χ3v) is 4.55. The number of carbonyl (C=O) groups is 1. The molecule has 0 unspecified atom stereocenters. The summed E-state index contributed by atoms with van der Waals surface area (Å²) in [6, 6.07) is 0. The Morgan fingerprint density at radius 2 is 2.24 bits per heavy atom. The van der Waals surface area contributed by atoms with Crippen LogP contribution in [0.25, 0.3) is 0 Å². The number of hydrogen-bond acceptors (Lipinski definition) is 5. The van der Waals surface area contributed by atoms with Crippen molar-refractivity contribution in [2.45, 2.75) is 37.8 Å². The SMILES string of the molecule is CC(C)(C)OC(=O)N1CC[C@@H](C[S@@](=O)c2cnccn2)C1. The highest BCUT2D eigenvalue weighted by Crippen LogP contribution is 2.21. The van der Waals surface area contributed by atoms with Gasteiger partial charge in [-0.05, 0) is 33.1 Å². The molecular weight excluding hydrogens is 290 g/mol. The van der Waals surface area contributed by atoms with Crippen LogP contribution in [0, 0.1) is 5.92 Å². The molecule has 0 radical (unpaired) electrons. The van der Waals surface area contributed by atoms with E-state index in [0.29, 0.717) is 23.9 Å². The quantitative estimate of drug-likeness (QED) is 0.851. The molecule has 1 aromatic heterocycles. The highest BCUT2D eigenvalue weighted by molar-refractivity contribution is 7.84. The first kappa shape index (κ1) is 15.9. The van der Waals surface area contributed by atoms with Crippen LogP contribution in [0.2, 0.25) is 0 Å². The molecule has 0 saturated carbocycles. The van der Waals surface area contributed by atoms with Crippen molar-refractivity contribution >= 4 is 16.9 Å². The van der Waals surface area contributed by atoms with E-state index in [1.807, 2.05) is 20.8 Å². The van der Waals surface area contributed by atoms with Gasteiger partial charge >= 0.3 is 6.09 Å². The lowest BCUT2D eigenvalue weighted by atomic mass is 10.2. The fraction of sp³-hybridized carbons (Fsp3) is 0.643. The largest absolute Gasteiger partial charge is 0.444 e. The number of amides is 1. The first-order valence-electron chi connectivity index (χ1n) is 6.97. The minimum Gasteiger partial charge on any atom is -0.444 e. The van der Waals surface area contributed by atoms with Crippen LogP contribution in [-0.2, 0) is 15.5 Å². The lowest BCUT2D eigenvalue weighted by Gasteiger charge is -2.24. The number of hydrogen-bond donors (Lipinski definition) is 0. The molecule has 0 aromatic carbocycles. The van der Waals surface area contributed by atoms with Crippen molar-refractivity contribution in [3.8, 4) is 0 Å². The summed E-state index contributed by atoms with van der Waals surface area (Å²) in [5.41, 5.74) is -0.488. The molecule has 2 heterocycles. The molecule has 1 aliphatic heterocycles. The van der Waals surface area contributed by atoms with Gasteiger partial charge in [-0.2, -0.15) is 0 Å². The lowest BCUT2D eigenvalue weighted by Crippen LogP contribution is -2.35. The van der Waals surface area contributed by atoms with E-state index in [0.717, 1.165) is 6.42 Å². The molecule has 1 aliphatic rings. The van der Waals surface area contributed by atoms with Crippen LogP contribution in [0.3, 0.4) is 0 Å². The number of likely N-dealkylation sites (tertiary alicyclic amines) is 1. The van der Waals surface area contributed by atoms with Gasteiger partial charge in [0, 0.05) is 31.2 Å². The number of carbonyl (C=O) groups excluding carboxylic acids is 1. The second-order valence-corrected chi connectivity index (χ2v) is 7.58. The Kier molecular flexibility index (Phi) is 4.92. The van der Waals surface area contributed by atoms with Crippen LogP contribution in [-0.4, -0.2) is 49.6 Å². The zero-order chi connectivity index (χ0) is 15.5. The Balaban J connectivity index is 1.86. The second kappa shape index (κ2) is 6.51. The zero-order valence-corrected chi connectivity index (χ0v) is 13.4. The van der Waals surface area contributed by atoms with Gasteiger partial charge in [-0.15, -0.1) is 0 Å². The van der Waals surface area contributed by atoms with Crippen LogP contribution >= 0.6 is 0 Å². The Morgan fingerprint density at radius 1 is 1.48 bits per heavy atom. The number of aromatic nitrogens is 2. The van der Waals surface area contributed by atoms with Crippen LogP contribution in [0.1, 0.15) is 27.2 Å². The van der Waals surface area contributed by atoms with E-state index < -0.39 is 16.4 Å². The van der Waals surface area contributed by atoms with Crippen molar-refractivity contribution in [2.24, 2.45) is 5.92 Å². The summed E-state index contributed by atoms with van der Waals surface area (Å²) < 4.78 is 17.5. The van der Waals surface area contributed by atoms with E-state index in [-0.39, 0.29) is 12.0 Å². The predicted molar refractivity (Wildman–Crippen MR) is 79.2 cm³/mol. The van der Waals surface area contributed by atoms with Crippen LogP contribution < -0.4 is 0 Å². The predicted octanol–water partition coefficient (Wildman–Crippen LogP) is 1.84. The van der Waals surface area contributed by atoms with Gasteiger partial charge in [0.05, 0.1) is 17.0 Å². The summed E-state index contributed by atoms with van der Waals surface area (Å²) in [6.45, 7) is 6.78. The van der Waals surface area contributed by atoms with Crippen molar-refractivity contribution in [2.75, 3.05) is 18.8 Å². The molecule has 7 heteroatoms.